The summed E-state index contributed by atoms with van der Waals surface area (Å²) in [6.45, 7) is 10.5. The predicted octanol–water partition coefficient (Wildman–Crippen LogP) is 5.14. The van der Waals surface area contributed by atoms with Gasteiger partial charge in [-0.1, -0.05) is 29.5 Å². The second-order valence-electron chi connectivity index (χ2n) is 10.5. The number of carbonyl (C=O) groups excluding carboxylic acids is 1. The Bertz CT molecular complexity index is 1580. The number of hydrogen-bond acceptors (Lipinski definition) is 8. The van der Waals surface area contributed by atoms with Gasteiger partial charge in [0.1, 0.15) is 28.4 Å². The molecule has 1 aliphatic rings. The maximum atomic E-state index is 15.1. The highest BCUT2D eigenvalue weighted by molar-refractivity contribution is 7.16. The fourth-order valence-corrected chi connectivity index (χ4v) is 5.62. The van der Waals surface area contributed by atoms with Crippen molar-refractivity contribution < 1.29 is 23.8 Å². The minimum atomic E-state index is -1.06. The van der Waals surface area contributed by atoms with E-state index in [0.29, 0.717) is 58.4 Å². The summed E-state index contributed by atoms with van der Waals surface area (Å²) in [6.07, 6.45) is 2.80. The van der Waals surface area contributed by atoms with Crippen LogP contribution in [-0.4, -0.2) is 72.9 Å². The van der Waals surface area contributed by atoms with Crippen LogP contribution in [0.1, 0.15) is 43.1 Å². The van der Waals surface area contributed by atoms with Crippen molar-refractivity contribution in [3.05, 3.63) is 53.2 Å². The summed E-state index contributed by atoms with van der Waals surface area (Å²) in [7, 11) is 0. The lowest BCUT2D eigenvalue weighted by molar-refractivity contribution is 0.0218. The average Bonchev–Trinajstić information content (AvgIpc) is 3.44. The third kappa shape index (κ3) is 5.03. The quantitative estimate of drug-likeness (QED) is 0.371. The van der Waals surface area contributed by atoms with Crippen LogP contribution < -0.4 is 4.90 Å². The minimum Gasteiger partial charge on any atom is -0.477 e. The number of ether oxygens (including phenoxy) is 1. The molecule has 1 atom stereocenters. The van der Waals surface area contributed by atoms with Crippen molar-refractivity contribution in [2.24, 2.45) is 0 Å². The summed E-state index contributed by atoms with van der Waals surface area (Å²) in [5.74, 6) is -0.871. The molecular weight excluding hydrogens is 523 g/mol. The Labute approximate surface area is 228 Å². The number of piperazine rings is 1. The summed E-state index contributed by atoms with van der Waals surface area (Å²) in [5, 5.41) is 10.6. The molecule has 0 bridgehead atoms. The van der Waals surface area contributed by atoms with E-state index in [2.05, 4.69) is 19.9 Å². The molecule has 0 radical (unpaired) electrons. The van der Waals surface area contributed by atoms with E-state index in [1.807, 2.05) is 27.7 Å². The number of thiazole rings is 1. The first-order valence-corrected chi connectivity index (χ1v) is 13.3. The number of benzene rings is 1. The van der Waals surface area contributed by atoms with Crippen LogP contribution in [0.2, 0.25) is 0 Å². The lowest BCUT2D eigenvalue weighted by atomic mass is 10.0. The number of amides is 1. The standard InChI is InChI=1S/C27H29FN6O4S/c1-15-12-32(26(37)38-27(3,4)5)10-11-33(15)22-20-18(17-8-6-7-9-19(17)28)13-34(23(20)30-14-29-22)25-31-16(2)21(39-25)24(35)36/h6-9,13-15H,10-12H2,1-5H3,(H,35,36)/t15-/m0/s1. The number of carboxylic acid groups (broad SMARTS) is 1. The van der Waals surface area contributed by atoms with Gasteiger partial charge in [-0.15, -0.1) is 0 Å². The second-order valence-corrected chi connectivity index (χ2v) is 11.5. The van der Waals surface area contributed by atoms with E-state index in [9.17, 15) is 14.7 Å². The van der Waals surface area contributed by atoms with Crippen molar-refractivity contribution in [3.8, 4) is 16.3 Å². The van der Waals surface area contributed by atoms with Crippen molar-refractivity contribution in [2.45, 2.75) is 46.3 Å². The van der Waals surface area contributed by atoms with Crippen LogP contribution in [0, 0.1) is 12.7 Å². The number of nitrogens with zero attached hydrogens (tertiary/aromatic N) is 6. The van der Waals surface area contributed by atoms with Gasteiger partial charge in [0.25, 0.3) is 0 Å². The number of hydrogen-bond donors (Lipinski definition) is 1. The first-order valence-electron chi connectivity index (χ1n) is 12.5. The molecule has 1 saturated heterocycles. The van der Waals surface area contributed by atoms with Crippen molar-refractivity contribution in [3.63, 3.8) is 0 Å². The number of rotatable bonds is 4. The molecule has 3 aromatic heterocycles. The smallest absolute Gasteiger partial charge is 0.410 e. The Morgan fingerprint density at radius 2 is 1.90 bits per heavy atom. The summed E-state index contributed by atoms with van der Waals surface area (Å²) in [5.41, 5.74) is 1.20. The van der Waals surface area contributed by atoms with Gasteiger partial charge in [-0.05, 0) is 40.7 Å². The second kappa shape index (κ2) is 9.92. The first kappa shape index (κ1) is 26.5. The van der Waals surface area contributed by atoms with Crippen molar-refractivity contribution in [1.82, 2.24) is 24.4 Å². The van der Waals surface area contributed by atoms with Crippen LogP contribution in [0.4, 0.5) is 15.0 Å². The van der Waals surface area contributed by atoms with Crippen LogP contribution in [-0.2, 0) is 4.74 Å². The van der Waals surface area contributed by atoms with Gasteiger partial charge in [0.2, 0.25) is 0 Å². The molecule has 204 valence electrons. The maximum Gasteiger partial charge on any atom is 0.410 e. The minimum absolute atomic E-state index is 0.123. The number of carboxylic acids is 1. The van der Waals surface area contributed by atoms with E-state index in [1.165, 1.54) is 12.4 Å². The highest BCUT2D eigenvalue weighted by Crippen LogP contribution is 2.39. The maximum absolute atomic E-state index is 15.1. The van der Waals surface area contributed by atoms with Crippen LogP contribution in [0.25, 0.3) is 27.3 Å². The zero-order valence-corrected chi connectivity index (χ0v) is 23.1. The molecule has 4 heterocycles. The Hall–Kier alpha value is -4.06. The number of aryl methyl sites for hydroxylation is 1. The van der Waals surface area contributed by atoms with Crippen LogP contribution in [0.15, 0.2) is 36.8 Å². The summed E-state index contributed by atoms with van der Waals surface area (Å²) >= 11 is 1.02. The number of aromatic carboxylic acids is 1. The number of aromatic nitrogens is 4. The van der Waals surface area contributed by atoms with Gasteiger partial charge >= 0.3 is 12.1 Å². The van der Waals surface area contributed by atoms with E-state index < -0.39 is 17.4 Å². The number of carbonyl (C=O) groups is 2. The molecule has 1 fully saturated rings. The van der Waals surface area contributed by atoms with Gasteiger partial charge in [-0.25, -0.2) is 28.9 Å². The Morgan fingerprint density at radius 1 is 1.15 bits per heavy atom. The molecule has 4 aromatic rings. The monoisotopic (exact) mass is 552 g/mol. The molecule has 0 aliphatic carbocycles. The average molecular weight is 553 g/mol. The van der Waals surface area contributed by atoms with Crippen molar-refractivity contribution >= 4 is 40.3 Å². The highest BCUT2D eigenvalue weighted by atomic mass is 32.1. The third-order valence-electron chi connectivity index (χ3n) is 6.46. The molecule has 0 saturated carbocycles. The van der Waals surface area contributed by atoms with Gasteiger partial charge in [-0.2, -0.15) is 0 Å². The SMILES string of the molecule is Cc1nc(-n2cc(-c3ccccc3F)c3c(N4CCN(C(=O)OC(C)(C)C)C[C@@H]4C)ncnc32)sc1C(=O)O. The fraction of sp³-hybridized carbons (Fsp3) is 0.370. The molecule has 12 heteroatoms. The molecule has 1 aliphatic heterocycles. The van der Waals surface area contributed by atoms with Crippen LogP contribution in [0.5, 0.6) is 0 Å². The zero-order chi connectivity index (χ0) is 28.1. The molecule has 39 heavy (non-hydrogen) atoms. The van der Waals surface area contributed by atoms with E-state index in [-0.39, 0.29) is 17.0 Å². The molecule has 10 nitrogen and oxygen atoms in total. The Balaban J connectivity index is 1.62. The van der Waals surface area contributed by atoms with Crippen molar-refractivity contribution in [2.75, 3.05) is 24.5 Å². The van der Waals surface area contributed by atoms with Gasteiger partial charge in [0, 0.05) is 43.0 Å². The first-order chi connectivity index (χ1) is 18.4. The highest BCUT2D eigenvalue weighted by Gasteiger charge is 2.33. The molecule has 1 N–H and O–H groups in total. The summed E-state index contributed by atoms with van der Waals surface area (Å²) < 4.78 is 22.3. The topological polar surface area (TPSA) is 114 Å². The lowest BCUT2D eigenvalue weighted by Gasteiger charge is -2.41. The van der Waals surface area contributed by atoms with Crippen LogP contribution >= 0.6 is 11.3 Å². The van der Waals surface area contributed by atoms with Gasteiger partial charge in [-0.3, -0.25) is 4.57 Å². The summed E-state index contributed by atoms with van der Waals surface area (Å²) in [4.78, 5) is 41.9. The lowest BCUT2D eigenvalue weighted by Crippen LogP contribution is -2.54. The molecule has 0 unspecified atom stereocenters. The van der Waals surface area contributed by atoms with E-state index in [4.69, 9.17) is 4.74 Å². The molecule has 0 spiro atoms. The van der Waals surface area contributed by atoms with E-state index >= 15 is 4.39 Å². The van der Waals surface area contributed by atoms with Crippen molar-refractivity contribution in [1.29, 1.82) is 0 Å². The molecule has 5 rings (SSSR count). The summed E-state index contributed by atoms with van der Waals surface area (Å²) in [6, 6.07) is 6.33. The third-order valence-corrected chi connectivity index (χ3v) is 7.61. The number of halogens is 1. The molecule has 1 aromatic carbocycles. The molecule has 1 amide bonds. The molecular formula is C27H29FN6O4S. The Kier molecular flexibility index (Phi) is 6.75. The van der Waals surface area contributed by atoms with Crippen LogP contribution in [0.3, 0.4) is 0 Å². The van der Waals surface area contributed by atoms with Gasteiger partial charge in [0.05, 0.1) is 11.1 Å². The predicted molar refractivity (Wildman–Crippen MR) is 146 cm³/mol. The van der Waals surface area contributed by atoms with Gasteiger partial charge < -0.3 is 19.6 Å². The number of fused-ring (bicyclic) bond motifs is 1. The fourth-order valence-electron chi connectivity index (χ4n) is 4.74. The van der Waals surface area contributed by atoms with E-state index in [0.717, 1.165) is 11.3 Å². The zero-order valence-electron chi connectivity index (χ0n) is 22.3. The Morgan fingerprint density at radius 3 is 2.54 bits per heavy atom. The number of anilines is 1. The normalized spacial score (nSPS) is 16.1. The van der Waals surface area contributed by atoms with E-state index in [1.54, 1.807) is 40.8 Å². The van der Waals surface area contributed by atoms with Gasteiger partial charge in [0.15, 0.2) is 10.8 Å². The largest absolute Gasteiger partial charge is 0.477 e.